The lowest BCUT2D eigenvalue weighted by molar-refractivity contribution is 0.160. The molecule has 0 fully saturated rings. The molecule has 2 aliphatic carbocycles. The number of hydrogen-bond donors (Lipinski definition) is 2. The summed E-state index contributed by atoms with van der Waals surface area (Å²) < 4.78 is 13.5. The van der Waals surface area contributed by atoms with E-state index in [2.05, 4.69) is 69.8 Å². The Labute approximate surface area is 226 Å². The third-order valence-corrected chi connectivity index (χ3v) is 8.15. The first-order valence-corrected chi connectivity index (χ1v) is 13.8. The third-order valence-electron chi connectivity index (χ3n) is 8.15. The number of nitrogens with one attached hydrogen (secondary N) is 2. The average Bonchev–Trinajstić information content (AvgIpc) is 3.49. The van der Waals surface area contributed by atoms with Crippen LogP contribution in [0, 0.1) is 17.7 Å². The summed E-state index contributed by atoms with van der Waals surface area (Å²) in [6.07, 6.45) is 7.36. The van der Waals surface area contributed by atoms with Gasteiger partial charge in [0, 0.05) is 29.8 Å². The molecular weight excluding hydrogens is 475 g/mol. The van der Waals surface area contributed by atoms with Crippen molar-refractivity contribution in [1.29, 1.82) is 0 Å². The molecule has 2 aromatic rings. The number of benzene rings is 2. The number of anilines is 1. The number of fused-ring (bicyclic) bond motifs is 1. The maximum atomic E-state index is 13.5. The Morgan fingerprint density at radius 2 is 1.76 bits per heavy atom. The van der Waals surface area contributed by atoms with Crippen LogP contribution in [0.3, 0.4) is 0 Å². The highest BCUT2D eigenvalue weighted by atomic mass is 19.1. The molecular formula is C32H39FN4O. The average molecular weight is 515 g/mol. The molecule has 3 aliphatic rings. The number of hydrazine groups is 1. The van der Waals surface area contributed by atoms with Crippen LogP contribution in [0.15, 0.2) is 89.3 Å². The van der Waals surface area contributed by atoms with Gasteiger partial charge in [-0.2, -0.15) is 0 Å². The minimum Gasteiger partial charge on any atom is -0.331 e. The topological polar surface area (TPSA) is 47.6 Å². The Morgan fingerprint density at radius 3 is 2.42 bits per heavy atom. The van der Waals surface area contributed by atoms with Crippen LogP contribution in [0.1, 0.15) is 65.5 Å². The molecule has 2 amide bonds. The molecule has 5 nitrogen and oxygen atoms in total. The Bertz CT molecular complexity index is 1250. The Kier molecular flexibility index (Phi) is 7.33. The molecule has 0 saturated carbocycles. The molecule has 38 heavy (non-hydrogen) atoms. The van der Waals surface area contributed by atoms with E-state index < -0.39 is 0 Å². The van der Waals surface area contributed by atoms with E-state index in [9.17, 15) is 9.18 Å². The van der Waals surface area contributed by atoms with Crippen LogP contribution in [0.5, 0.6) is 0 Å². The lowest BCUT2D eigenvalue weighted by Crippen LogP contribution is -2.48. The van der Waals surface area contributed by atoms with Gasteiger partial charge in [0.2, 0.25) is 0 Å². The van der Waals surface area contributed by atoms with Crippen molar-refractivity contribution in [3.8, 4) is 0 Å². The van der Waals surface area contributed by atoms with Crippen molar-refractivity contribution in [2.45, 2.75) is 72.0 Å². The van der Waals surface area contributed by atoms with E-state index in [-0.39, 0.29) is 35.9 Å². The molecule has 1 unspecified atom stereocenters. The van der Waals surface area contributed by atoms with Crippen molar-refractivity contribution in [2.24, 2.45) is 11.8 Å². The number of rotatable bonds is 7. The van der Waals surface area contributed by atoms with Gasteiger partial charge in [0.05, 0.1) is 17.4 Å². The van der Waals surface area contributed by atoms with Crippen molar-refractivity contribution in [1.82, 2.24) is 15.6 Å². The minimum atomic E-state index is -0.235. The highest BCUT2D eigenvalue weighted by Gasteiger charge is 2.39. The van der Waals surface area contributed by atoms with Gasteiger partial charge in [-0.05, 0) is 94.4 Å². The fourth-order valence-electron chi connectivity index (χ4n) is 6.50. The third kappa shape index (κ3) is 4.96. The summed E-state index contributed by atoms with van der Waals surface area (Å²) in [5.41, 5.74) is 10.7. The molecule has 0 aromatic heterocycles. The SMILES string of the molecule is CC(C)N(C(=O)NC(C[C@H]1CCC2=C1[C@@H](C)C1=CNN(c3ccc(F)cc3)C1=C2)c1ccccc1)C(C)C. The smallest absolute Gasteiger partial charge is 0.318 e. The van der Waals surface area contributed by atoms with Crippen molar-refractivity contribution >= 4 is 11.7 Å². The zero-order valence-electron chi connectivity index (χ0n) is 23.0. The zero-order chi connectivity index (χ0) is 27.0. The van der Waals surface area contributed by atoms with Crippen molar-refractivity contribution < 1.29 is 9.18 Å². The van der Waals surface area contributed by atoms with E-state index in [1.54, 1.807) is 12.1 Å². The second kappa shape index (κ2) is 10.7. The van der Waals surface area contributed by atoms with Crippen molar-refractivity contribution in [3.05, 3.63) is 101 Å². The van der Waals surface area contributed by atoms with Crippen LogP contribution < -0.4 is 15.8 Å². The van der Waals surface area contributed by atoms with Gasteiger partial charge in [0.25, 0.3) is 0 Å². The van der Waals surface area contributed by atoms with Crippen LogP contribution >= 0.6 is 0 Å². The molecule has 0 spiro atoms. The van der Waals surface area contributed by atoms with Crippen LogP contribution in [0.4, 0.5) is 14.9 Å². The number of halogens is 1. The number of carbonyl (C=O) groups excluding carboxylic acids is 1. The summed E-state index contributed by atoms with van der Waals surface area (Å²) in [5, 5.41) is 5.44. The van der Waals surface area contributed by atoms with E-state index >= 15 is 0 Å². The van der Waals surface area contributed by atoms with Gasteiger partial charge < -0.3 is 15.6 Å². The first-order valence-electron chi connectivity index (χ1n) is 13.8. The number of carbonyl (C=O) groups is 1. The Hall–Kier alpha value is -3.54. The van der Waals surface area contributed by atoms with Crippen LogP contribution in [-0.4, -0.2) is 23.0 Å². The number of allylic oxidation sites excluding steroid dienone is 4. The predicted octanol–water partition coefficient (Wildman–Crippen LogP) is 7.23. The summed E-state index contributed by atoms with van der Waals surface area (Å²) in [6.45, 7) is 10.6. The number of urea groups is 1. The standard InChI is InChI=1S/C32H39FN4O/c1-20(2)36(21(3)4)32(38)35-29(23-9-7-6-8-10-23)17-24-11-12-25-18-30-28(22(5)31(24)25)19-34-37(30)27-15-13-26(33)14-16-27/h6-10,13-16,18-22,24,29,34H,11-12,17H2,1-5H3,(H,35,38)/t22-,24+,29?/m0/s1. The van der Waals surface area contributed by atoms with Gasteiger partial charge in [-0.3, -0.25) is 5.01 Å². The largest absolute Gasteiger partial charge is 0.331 e. The predicted molar refractivity (Wildman–Crippen MR) is 152 cm³/mol. The van der Waals surface area contributed by atoms with Crippen molar-refractivity contribution in [3.63, 3.8) is 0 Å². The molecule has 0 radical (unpaired) electrons. The highest BCUT2D eigenvalue weighted by molar-refractivity contribution is 5.75. The first kappa shape index (κ1) is 26.1. The molecule has 2 aromatic carbocycles. The van der Waals surface area contributed by atoms with Crippen molar-refractivity contribution in [2.75, 3.05) is 5.01 Å². The van der Waals surface area contributed by atoms with Gasteiger partial charge in [-0.15, -0.1) is 0 Å². The van der Waals surface area contributed by atoms with Gasteiger partial charge >= 0.3 is 6.03 Å². The summed E-state index contributed by atoms with van der Waals surface area (Å²) in [5.74, 6) is 0.418. The monoisotopic (exact) mass is 514 g/mol. The molecule has 1 heterocycles. The fourth-order valence-corrected chi connectivity index (χ4v) is 6.50. The molecule has 3 atom stereocenters. The fraction of sp³-hybridized carbons (Fsp3) is 0.406. The maximum absolute atomic E-state index is 13.5. The number of hydrogen-bond acceptors (Lipinski definition) is 3. The van der Waals surface area contributed by atoms with E-state index in [0.29, 0.717) is 5.92 Å². The van der Waals surface area contributed by atoms with E-state index in [1.165, 1.54) is 28.9 Å². The maximum Gasteiger partial charge on any atom is 0.318 e. The van der Waals surface area contributed by atoms with Gasteiger partial charge in [0.1, 0.15) is 5.82 Å². The molecule has 6 heteroatoms. The van der Waals surface area contributed by atoms with Crippen LogP contribution in [0.25, 0.3) is 0 Å². The highest BCUT2D eigenvalue weighted by Crippen LogP contribution is 2.49. The Balaban J connectivity index is 1.41. The normalized spacial score (nSPS) is 21.1. The zero-order valence-corrected chi connectivity index (χ0v) is 23.0. The van der Waals surface area contributed by atoms with Crippen LogP contribution in [-0.2, 0) is 0 Å². The second-order valence-corrected chi connectivity index (χ2v) is 11.3. The van der Waals surface area contributed by atoms with E-state index in [1.807, 2.05) is 28.1 Å². The second-order valence-electron chi connectivity index (χ2n) is 11.3. The number of nitrogens with zero attached hydrogens (tertiary/aromatic N) is 2. The number of amides is 2. The summed E-state index contributed by atoms with van der Waals surface area (Å²) in [4.78, 5) is 15.3. The van der Waals surface area contributed by atoms with Crippen LogP contribution in [0.2, 0.25) is 0 Å². The molecule has 200 valence electrons. The lowest BCUT2D eigenvalue weighted by atomic mass is 9.78. The van der Waals surface area contributed by atoms with Gasteiger partial charge in [0.15, 0.2) is 0 Å². The Morgan fingerprint density at radius 1 is 1.08 bits per heavy atom. The van der Waals surface area contributed by atoms with E-state index in [4.69, 9.17) is 0 Å². The van der Waals surface area contributed by atoms with Gasteiger partial charge in [-0.1, -0.05) is 42.8 Å². The summed E-state index contributed by atoms with van der Waals surface area (Å²) in [6, 6.07) is 17.1. The summed E-state index contributed by atoms with van der Waals surface area (Å²) in [7, 11) is 0. The molecule has 5 rings (SSSR count). The first-order chi connectivity index (χ1) is 18.2. The quantitative estimate of drug-likeness (QED) is 0.410. The molecule has 2 N–H and O–H groups in total. The molecule has 0 bridgehead atoms. The summed E-state index contributed by atoms with van der Waals surface area (Å²) >= 11 is 0. The lowest BCUT2D eigenvalue weighted by Gasteiger charge is -2.34. The minimum absolute atomic E-state index is 0.00688. The van der Waals surface area contributed by atoms with Gasteiger partial charge in [-0.25, -0.2) is 9.18 Å². The molecule has 1 aliphatic heterocycles. The van der Waals surface area contributed by atoms with E-state index in [0.717, 1.165) is 36.2 Å². The molecule has 0 saturated heterocycles.